The van der Waals surface area contributed by atoms with Crippen LogP contribution in [0, 0.1) is 0 Å². The molecule has 2 aliphatic rings. The second-order valence-corrected chi connectivity index (χ2v) is 5.76. The number of nitrogens with zero attached hydrogens (tertiary/aromatic N) is 2. The van der Waals surface area contributed by atoms with Crippen LogP contribution in [-0.2, 0) is 0 Å². The first-order chi connectivity index (χ1) is 7.54. The van der Waals surface area contributed by atoms with Crippen molar-refractivity contribution in [3.63, 3.8) is 0 Å². The molecule has 2 fully saturated rings. The Balaban J connectivity index is 1.62. The van der Waals surface area contributed by atoms with E-state index in [2.05, 4.69) is 15.1 Å². The average molecular weight is 227 g/mol. The lowest BCUT2D eigenvalue weighted by Gasteiger charge is -2.47. The summed E-state index contributed by atoms with van der Waals surface area (Å²) in [7, 11) is 0. The Hall–Kier alpha value is -0.160. The summed E-state index contributed by atoms with van der Waals surface area (Å²) < 4.78 is 0. The molecule has 0 bridgehead atoms. The van der Waals surface area contributed by atoms with Crippen LogP contribution in [0.5, 0.6) is 0 Å². The second-order valence-electron chi connectivity index (χ2n) is 5.76. The molecular formula is C12H25N3O. The van der Waals surface area contributed by atoms with Crippen LogP contribution in [0.25, 0.3) is 0 Å². The molecule has 4 nitrogen and oxygen atoms in total. The maximum atomic E-state index is 9.66. The zero-order valence-corrected chi connectivity index (χ0v) is 10.6. The molecule has 0 aliphatic carbocycles. The Labute approximate surface area is 98.6 Å². The smallest absolute Gasteiger partial charge is 0.0603 e. The van der Waals surface area contributed by atoms with Crippen molar-refractivity contribution in [2.75, 3.05) is 45.8 Å². The third-order valence-electron chi connectivity index (χ3n) is 3.65. The van der Waals surface area contributed by atoms with Crippen LogP contribution < -0.4 is 5.32 Å². The molecule has 16 heavy (non-hydrogen) atoms. The molecule has 2 rings (SSSR count). The molecule has 2 saturated heterocycles. The van der Waals surface area contributed by atoms with Gasteiger partial charge in [-0.25, -0.2) is 0 Å². The second kappa shape index (κ2) is 5.00. The Bertz CT molecular complexity index is 215. The molecule has 0 saturated carbocycles. The van der Waals surface area contributed by atoms with Gasteiger partial charge in [-0.15, -0.1) is 0 Å². The molecule has 0 unspecified atom stereocenters. The van der Waals surface area contributed by atoms with Gasteiger partial charge in [0.05, 0.1) is 5.60 Å². The summed E-state index contributed by atoms with van der Waals surface area (Å²) in [5.41, 5.74) is -0.514. The molecule has 2 heterocycles. The highest BCUT2D eigenvalue weighted by Gasteiger charge is 2.32. The van der Waals surface area contributed by atoms with E-state index in [1.54, 1.807) is 0 Å². The molecule has 0 aromatic carbocycles. The summed E-state index contributed by atoms with van der Waals surface area (Å²) in [5.74, 6) is 0. The van der Waals surface area contributed by atoms with E-state index in [1.807, 2.05) is 13.8 Å². The Kier molecular flexibility index (Phi) is 3.85. The third-order valence-corrected chi connectivity index (χ3v) is 3.65. The summed E-state index contributed by atoms with van der Waals surface area (Å²) in [5, 5.41) is 13.0. The van der Waals surface area contributed by atoms with Gasteiger partial charge in [0.1, 0.15) is 0 Å². The highest BCUT2D eigenvalue weighted by molar-refractivity contribution is 4.90. The van der Waals surface area contributed by atoms with E-state index < -0.39 is 5.60 Å². The Morgan fingerprint density at radius 1 is 1.25 bits per heavy atom. The SMILES string of the molecule is CC(C)(O)CCN1CC(N2CCNCC2)C1. The highest BCUT2D eigenvalue weighted by atomic mass is 16.3. The zero-order chi connectivity index (χ0) is 11.6. The van der Waals surface area contributed by atoms with E-state index in [9.17, 15) is 5.11 Å². The van der Waals surface area contributed by atoms with Gasteiger partial charge in [-0.05, 0) is 20.3 Å². The molecule has 0 aromatic rings. The first-order valence-electron chi connectivity index (χ1n) is 6.44. The standard InChI is InChI=1S/C12H25N3O/c1-12(2,16)3-6-14-9-11(10-14)15-7-4-13-5-8-15/h11,13,16H,3-10H2,1-2H3. The summed E-state index contributed by atoms with van der Waals surface area (Å²) in [6.45, 7) is 11.9. The van der Waals surface area contributed by atoms with Crippen LogP contribution >= 0.6 is 0 Å². The van der Waals surface area contributed by atoms with Crippen molar-refractivity contribution in [1.82, 2.24) is 15.1 Å². The lowest BCUT2D eigenvalue weighted by molar-refractivity contribution is 0.00257. The first-order valence-corrected chi connectivity index (χ1v) is 6.44. The van der Waals surface area contributed by atoms with Gasteiger partial charge in [0.15, 0.2) is 0 Å². The number of hydrogen-bond acceptors (Lipinski definition) is 4. The number of piperazine rings is 1. The van der Waals surface area contributed by atoms with Crippen LogP contribution in [0.1, 0.15) is 20.3 Å². The predicted molar refractivity (Wildman–Crippen MR) is 65.6 cm³/mol. The fraction of sp³-hybridized carbons (Fsp3) is 1.00. The van der Waals surface area contributed by atoms with Crippen molar-refractivity contribution in [3.05, 3.63) is 0 Å². The lowest BCUT2D eigenvalue weighted by atomic mass is 10.0. The molecule has 0 radical (unpaired) electrons. The van der Waals surface area contributed by atoms with Crippen molar-refractivity contribution in [3.8, 4) is 0 Å². The minimum Gasteiger partial charge on any atom is -0.390 e. The number of likely N-dealkylation sites (tertiary alicyclic amines) is 1. The van der Waals surface area contributed by atoms with E-state index in [0.717, 1.165) is 32.1 Å². The van der Waals surface area contributed by atoms with Gasteiger partial charge in [-0.3, -0.25) is 4.90 Å². The van der Waals surface area contributed by atoms with E-state index in [4.69, 9.17) is 0 Å². The van der Waals surface area contributed by atoms with Gasteiger partial charge >= 0.3 is 0 Å². The monoisotopic (exact) mass is 227 g/mol. The molecule has 0 spiro atoms. The number of nitrogens with one attached hydrogen (secondary N) is 1. The topological polar surface area (TPSA) is 38.7 Å². The van der Waals surface area contributed by atoms with Crippen LogP contribution in [-0.4, -0.2) is 72.4 Å². The molecule has 94 valence electrons. The average Bonchev–Trinajstić information content (AvgIpc) is 2.15. The molecule has 0 atom stereocenters. The molecule has 0 amide bonds. The molecule has 2 N–H and O–H groups in total. The van der Waals surface area contributed by atoms with E-state index in [-0.39, 0.29) is 0 Å². The third kappa shape index (κ3) is 3.42. The minimum atomic E-state index is -0.514. The first kappa shape index (κ1) is 12.3. The largest absolute Gasteiger partial charge is 0.390 e. The summed E-state index contributed by atoms with van der Waals surface area (Å²) in [6, 6.07) is 0.768. The van der Waals surface area contributed by atoms with Crippen molar-refractivity contribution < 1.29 is 5.11 Å². The Morgan fingerprint density at radius 3 is 2.44 bits per heavy atom. The maximum absolute atomic E-state index is 9.66. The molecular weight excluding hydrogens is 202 g/mol. The van der Waals surface area contributed by atoms with Crippen LogP contribution in [0.2, 0.25) is 0 Å². The lowest BCUT2D eigenvalue weighted by Crippen LogP contribution is -2.62. The predicted octanol–water partition coefficient (Wildman–Crippen LogP) is -0.263. The normalized spacial score (nSPS) is 25.7. The van der Waals surface area contributed by atoms with E-state index in [0.29, 0.717) is 0 Å². The summed E-state index contributed by atoms with van der Waals surface area (Å²) in [4.78, 5) is 5.04. The van der Waals surface area contributed by atoms with Gasteiger partial charge in [0, 0.05) is 51.9 Å². The van der Waals surface area contributed by atoms with Crippen molar-refractivity contribution >= 4 is 0 Å². The zero-order valence-electron chi connectivity index (χ0n) is 10.6. The maximum Gasteiger partial charge on any atom is 0.0603 e. The van der Waals surface area contributed by atoms with Crippen LogP contribution in [0.3, 0.4) is 0 Å². The Morgan fingerprint density at radius 2 is 1.88 bits per heavy atom. The summed E-state index contributed by atoms with van der Waals surface area (Å²) >= 11 is 0. The van der Waals surface area contributed by atoms with Gasteiger partial charge in [-0.1, -0.05) is 0 Å². The fourth-order valence-corrected chi connectivity index (χ4v) is 2.44. The quantitative estimate of drug-likeness (QED) is 0.694. The van der Waals surface area contributed by atoms with Gasteiger partial charge in [0.2, 0.25) is 0 Å². The number of rotatable bonds is 4. The molecule has 0 aromatic heterocycles. The van der Waals surface area contributed by atoms with Crippen molar-refractivity contribution in [2.45, 2.75) is 31.9 Å². The van der Waals surface area contributed by atoms with E-state index in [1.165, 1.54) is 26.2 Å². The minimum absolute atomic E-state index is 0.514. The van der Waals surface area contributed by atoms with E-state index >= 15 is 0 Å². The van der Waals surface area contributed by atoms with Gasteiger partial charge < -0.3 is 15.3 Å². The van der Waals surface area contributed by atoms with Gasteiger partial charge in [-0.2, -0.15) is 0 Å². The van der Waals surface area contributed by atoms with Crippen molar-refractivity contribution in [2.24, 2.45) is 0 Å². The summed E-state index contributed by atoms with van der Waals surface area (Å²) in [6.07, 6.45) is 0.876. The molecule has 4 heteroatoms. The van der Waals surface area contributed by atoms with Gasteiger partial charge in [0.25, 0.3) is 0 Å². The number of hydrogen-bond donors (Lipinski definition) is 2. The van der Waals surface area contributed by atoms with Crippen LogP contribution in [0.4, 0.5) is 0 Å². The van der Waals surface area contributed by atoms with Crippen LogP contribution in [0.15, 0.2) is 0 Å². The molecule has 2 aliphatic heterocycles. The number of aliphatic hydroxyl groups is 1. The fourth-order valence-electron chi connectivity index (χ4n) is 2.44. The van der Waals surface area contributed by atoms with Crippen molar-refractivity contribution in [1.29, 1.82) is 0 Å². The highest BCUT2D eigenvalue weighted by Crippen LogP contribution is 2.17.